The Morgan fingerprint density at radius 3 is 2.41 bits per heavy atom. The molecule has 1 aliphatic heterocycles. The van der Waals surface area contributed by atoms with Gasteiger partial charge in [-0.2, -0.15) is 13.9 Å². The van der Waals surface area contributed by atoms with Crippen LogP contribution in [0.1, 0.15) is 65.9 Å². The number of primary amides is 1. The fourth-order valence-corrected chi connectivity index (χ4v) is 6.78. The monoisotopic (exact) mass is 643 g/mol. The van der Waals surface area contributed by atoms with E-state index in [1.54, 1.807) is 24.0 Å². The molecule has 0 spiro atoms. The number of carbonyl (C=O) groups excluding carboxylic acids is 1. The van der Waals surface area contributed by atoms with Crippen molar-refractivity contribution >= 4 is 27.7 Å². The lowest BCUT2D eigenvalue weighted by atomic mass is 9.87. The summed E-state index contributed by atoms with van der Waals surface area (Å²) in [5, 5.41) is 14.0. The van der Waals surface area contributed by atoms with Crippen molar-refractivity contribution in [2.75, 3.05) is 18.0 Å². The van der Waals surface area contributed by atoms with Crippen molar-refractivity contribution in [1.82, 2.24) is 14.8 Å². The minimum atomic E-state index is -3.54. The Morgan fingerprint density at radius 1 is 1.17 bits per heavy atom. The SMILES string of the molecule is CC1(O)CN(c2ccc(Br)c([C@@H](Cc3cc(F)cc(F)c3)C(C(N)=O)n3nc(C(F)F)c4c3C(F)(F)[C@@H]3C[C@H]43)n2)C1. The maximum atomic E-state index is 15.5. The molecule has 2 aromatic heterocycles. The minimum Gasteiger partial charge on any atom is -0.386 e. The molecule has 218 valence electrons. The van der Waals surface area contributed by atoms with Gasteiger partial charge in [-0.1, -0.05) is 0 Å². The number of pyridine rings is 1. The van der Waals surface area contributed by atoms with E-state index in [-0.39, 0.29) is 42.8 Å². The topological polar surface area (TPSA) is 97.3 Å². The highest BCUT2D eigenvalue weighted by molar-refractivity contribution is 9.10. The van der Waals surface area contributed by atoms with Gasteiger partial charge in [0.1, 0.15) is 34.9 Å². The Bertz CT molecular complexity index is 1530. The van der Waals surface area contributed by atoms with E-state index in [0.29, 0.717) is 21.0 Å². The largest absolute Gasteiger partial charge is 0.386 e. The number of aromatic nitrogens is 3. The number of nitrogens with two attached hydrogens (primary N) is 1. The van der Waals surface area contributed by atoms with Gasteiger partial charge in [0.05, 0.1) is 11.3 Å². The quantitative estimate of drug-likeness (QED) is 0.334. The van der Waals surface area contributed by atoms with Crippen molar-refractivity contribution in [1.29, 1.82) is 0 Å². The predicted molar refractivity (Wildman–Crippen MR) is 138 cm³/mol. The molecule has 2 aliphatic carbocycles. The van der Waals surface area contributed by atoms with Crippen LogP contribution in [0.15, 0.2) is 34.8 Å². The summed E-state index contributed by atoms with van der Waals surface area (Å²) in [6.45, 7) is 2.11. The number of amides is 1. The van der Waals surface area contributed by atoms with Crippen LogP contribution in [-0.2, 0) is 17.1 Å². The Labute approximate surface area is 238 Å². The van der Waals surface area contributed by atoms with Crippen LogP contribution in [0.5, 0.6) is 0 Å². The van der Waals surface area contributed by atoms with Crippen molar-refractivity contribution < 1.29 is 36.2 Å². The molecular weight excluding hydrogens is 620 g/mol. The smallest absolute Gasteiger partial charge is 0.293 e. The summed E-state index contributed by atoms with van der Waals surface area (Å²) in [5.41, 5.74) is 3.08. The molecule has 1 amide bonds. The summed E-state index contributed by atoms with van der Waals surface area (Å²) in [6, 6.07) is 4.12. The third-order valence-corrected chi connectivity index (χ3v) is 8.71. The van der Waals surface area contributed by atoms with Gasteiger partial charge in [0.2, 0.25) is 5.91 Å². The van der Waals surface area contributed by atoms with Gasteiger partial charge in [-0.3, -0.25) is 4.79 Å². The molecule has 1 saturated heterocycles. The summed E-state index contributed by atoms with van der Waals surface area (Å²) in [7, 11) is 0. The third-order valence-electron chi connectivity index (χ3n) is 8.04. The van der Waals surface area contributed by atoms with Gasteiger partial charge in [0.15, 0.2) is 0 Å². The molecule has 3 aromatic rings. The molecule has 1 aromatic carbocycles. The van der Waals surface area contributed by atoms with E-state index >= 15 is 8.78 Å². The number of benzene rings is 1. The minimum absolute atomic E-state index is 0.0212. The van der Waals surface area contributed by atoms with Crippen LogP contribution in [-0.4, -0.2) is 44.5 Å². The number of alkyl halides is 4. The maximum absolute atomic E-state index is 15.5. The van der Waals surface area contributed by atoms with Gasteiger partial charge in [0.25, 0.3) is 12.3 Å². The molecule has 14 heteroatoms. The zero-order valence-corrected chi connectivity index (χ0v) is 23.1. The number of hydrogen-bond acceptors (Lipinski definition) is 5. The van der Waals surface area contributed by atoms with E-state index < -0.39 is 70.7 Å². The normalized spacial score (nSPS) is 23.1. The zero-order valence-electron chi connectivity index (χ0n) is 21.5. The van der Waals surface area contributed by atoms with Gasteiger partial charge in [-0.05, 0) is 71.4 Å². The number of hydrogen-bond donors (Lipinski definition) is 2. The molecule has 7 nitrogen and oxygen atoms in total. The zero-order chi connectivity index (χ0) is 29.6. The third kappa shape index (κ3) is 4.68. The number of anilines is 1. The first-order valence-corrected chi connectivity index (χ1v) is 13.6. The summed E-state index contributed by atoms with van der Waals surface area (Å²) in [4.78, 5) is 19.5. The van der Waals surface area contributed by atoms with Gasteiger partial charge in [-0.25, -0.2) is 27.2 Å². The Hall–Kier alpha value is -3.13. The van der Waals surface area contributed by atoms with Gasteiger partial charge in [0, 0.05) is 41.0 Å². The number of rotatable bonds is 8. The average Bonchev–Trinajstić information content (AvgIpc) is 3.49. The summed E-state index contributed by atoms with van der Waals surface area (Å²) in [6.07, 6.45) is -3.49. The molecule has 0 bridgehead atoms. The second-order valence-corrected chi connectivity index (χ2v) is 12.1. The van der Waals surface area contributed by atoms with Crippen molar-refractivity contribution in [3.63, 3.8) is 0 Å². The number of β-amino-alcohol motifs (C(OH)–C–C–N with tert-alkyl or cyclic N) is 1. The van der Waals surface area contributed by atoms with Crippen molar-refractivity contribution in [2.45, 2.75) is 55.6 Å². The number of carbonyl (C=O) groups is 1. The van der Waals surface area contributed by atoms with Crippen molar-refractivity contribution in [2.24, 2.45) is 11.7 Å². The molecule has 1 saturated carbocycles. The molecule has 3 heterocycles. The van der Waals surface area contributed by atoms with E-state index in [0.717, 1.165) is 12.1 Å². The molecule has 3 N–H and O–H groups in total. The van der Waals surface area contributed by atoms with Crippen LogP contribution in [0, 0.1) is 17.6 Å². The van der Waals surface area contributed by atoms with Crippen molar-refractivity contribution in [3.05, 3.63) is 74.6 Å². The molecule has 4 atom stereocenters. The average molecular weight is 644 g/mol. The van der Waals surface area contributed by atoms with E-state index in [1.807, 2.05) is 0 Å². The molecule has 2 fully saturated rings. The van der Waals surface area contributed by atoms with E-state index in [9.17, 15) is 27.5 Å². The van der Waals surface area contributed by atoms with Crippen LogP contribution in [0.3, 0.4) is 0 Å². The summed E-state index contributed by atoms with van der Waals surface area (Å²) in [5.74, 6) is -9.43. The van der Waals surface area contributed by atoms with Crippen molar-refractivity contribution in [3.8, 4) is 0 Å². The van der Waals surface area contributed by atoms with Crippen LogP contribution in [0.2, 0.25) is 0 Å². The highest BCUT2D eigenvalue weighted by atomic mass is 79.9. The summed E-state index contributed by atoms with van der Waals surface area (Å²) >= 11 is 3.38. The Balaban J connectivity index is 1.53. The molecular formula is C27H24BrF6N5O2. The van der Waals surface area contributed by atoms with Crippen LogP contribution in [0.25, 0.3) is 0 Å². The fourth-order valence-electron chi connectivity index (χ4n) is 6.27. The van der Waals surface area contributed by atoms with E-state index in [2.05, 4.69) is 26.0 Å². The van der Waals surface area contributed by atoms with Gasteiger partial charge >= 0.3 is 0 Å². The first kappa shape index (κ1) is 28.0. The van der Waals surface area contributed by atoms with Gasteiger partial charge < -0.3 is 15.7 Å². The molecule has 1 unspecified atom stereocenters. The van der Waals surface area contributed by atoms with Gasteiger partial charge in [-0.15, -0.1) is 0 Å². The first-order chi connectivity index (χ1) is 19.2. The van der Waals surface area contributed by atoms with E-state index in [4.69, 9.17) is 5.73 Å². The maximum Gasteiger partial charge on any atom is 0.293 e. The number of fused-ring (bicyclic) bond motifs is 3. The fraction of sp³-hybridized carbons (Fsp3) is 0.444. The number of nitrogens with zero attached hydrogens (tertiary/aromatic N) is 4. The van der Waals surface area contributed by atoms with E-state index in [1.165, 1.54) is 0 Å². The molecule has 41 heavy (non-hydrogen) atoms. The standard InChI is InChI=1S/C27H24BrF6N5O2/c1-26(41)9-38(10-26)18-3-2-17(28)20(36-18)15(6-11-4-12(29)7-13(30)5-11)22(25(35)40)39-23-19(21(37-39)24(31)32)14-8-16(14)27(23,33)34/h2-5,7,14-16,22,24,41H,6,8-10H2,1H3,(H2,35,40)/t14-,15+,16+,22?/m0/s1. The molecule has 6 rings (SSSR count). The first-order valence-electron chi connectivity index (χ1n) is 12.8. The second kappa shape index (κ2) is 9.45. The highest BCUT2D eigenvalue weighted by Gasteiger charge is 2.67. The molecule has 0 radical (unpaired) electrons. The van der Waals surface area contributed by atoms with Crippen LogP contribution < -0.4 is 10.6 Å². The number of aliphatic hydroxyl groups is 1. The lowest BCUT2D eigenvalue weighted by Crippen LogP contribution is -2.60. The Morgan fingerprint density at radius 2 is 1.83 bits per heavy atom. The second-order valence-electron chi connectivity index (χ2n) is 11.3. The van der Waals surface area contributed by atoms with Crippen LogP contribution >= 0.6 is 15.9 Å². The highest BCUT2D eigenvalue weighted by Crippen LogP contribution is 2.68. The predicted octanol–water partition coefficient (Wildman–Crippen LogP) is 5.09. The summed E-state index contributed by atoms with van der Waals surface area (Å²) < 4.78 is 88.3. The number of halogens is 7. The lowest BCUT2D eigenvalue weighted by molar-refractivity contribution is -0.122. The Kier molecular flexibility index (Phi) is 6.45. The molecule has 3 aliphatic rings. The lowest BCUT2D eigenvalue weighted by Gasteiger charge is -2.45. The van der Waals surface area contributed by atoms with Crippen LogP contribution in [0.4, 0.5) is 32.2 Å².